The van der Waals surface area contributed by atoms with E-state index in [9.17, 15) is 0 Å². The highest BCUT2D eigenvalue weighted by atomic mass is 15.1. The molecule has 0 amide bonds. The molecule has 1 aromatic heterocycles. The second-order valence-electron chi connectivity index (χ2n) is 5.73. The van der Waals surface area contributed by atoms with E-state index in [1.807, 2.05) is 19.4 Å². The van der Waals surface area contributed by atoms with Crippen molar-refractivity contribution in [1.82, 2.24) is 9.55 Å². The number of hydrogen-bond acceptors (Lipinski definition) is 3. The highest BCUT2D eigenvalue weighted by molar-refractivity contribution is 5.55. The largest absolute Gasteiger partial charge is 0.385 e. The molecule has 0 bridgehead atoms. The maximum Gasteiger partial charge on any atom is 0.110 e. The average Bonchev–Trinajstić information content (AvgIpc) is 2.94. The lowest BCUT2D eigenvalue weighted by atomic mass is 10.1. The minimum absolute atomic E-state index is 0.911. The summed E-state index contributed by atoms with van der Waals surface area (Å²) >= 11 is 0. The number of aromatic nitrogens is 2. The molecular formula is C17H24N4. The maximum absolute atomic E-state index is 4.34. The third-order valence-electron chi connectivity index (χ3n) is 4.19. The molecule has 1 aromatic carbocycles. The number of imidazole rings is 1. The summed E-state index contributed by atoms with van der Waals surface area (Å²) in [5.41, 5.74) is 2.54. The summed E-state index contributed by atoms with van der Waals surface area (Å²) in [6.07, 6.45) is 8.81. The van der Waals surface area contributed by atoms with E-state index in [1.165, 1.54) is 43.7 Å². The number of piperidine rings is 1. The molecule has 2 aromatic rings. The fourth-order valence-corrected chi connectivity index (χ4v) is 2.90. The lowest BCUT2D eigenvalue weighted by molar-refractivity contribution is 0.578. The zero-order valence-corrected chi connectivity index (χ0v) is 12.8. The van der Waals surface area contributed by atoms with Gasteiger partial charge in [0.15, 0.2) is 0 Å². The van der Waals surface area contributed by atoms with Crippen LogP contribution in [0.5, 0.6) is 0 Å². The summed E-state index contributed by atoms with van der Waals surface area (Å²) in [5, 5.41) is 3.47. The molecule has 4 heteroatoms. The molecule has 0 aliphatic carbocycles. The van der Waals surface area contributed by atoms with Crippen molar-refractivity contribution < 1.29 is 0 Å². The molecule has 1 aliphatic rings. The Labute approximate surface area is 126 Å². The van der Waals surface area contributed by atoms with Crippen LogP contribution >= 0.6 is 0 Å². The molecular weight excluding hydrogens is 260 g/mol. The average molecular weight is 284 g/mol. The van der Waals surface area contributed by atoms with Crippen LogP contribution in [0.25, 0.3) is 0 Å². The zero-order chi connectivity index (χ0) is 14.5. The van der Waals surface area contributed by atoms with Crippen molar-refractivity contribution in [3.63, 3.8) is 0 Å². The van der Waals surface area contributed by atoms with E-state index in [4.69, 9.17) is 0 Å². The predicted octanol–water partition coefficient (Wildman–Crippen LogP) is 3.07. The maximum atomic E-state index is 4.34. The van der Waals surface area contributed by atoms with Crippen molar-refractivity contribution in [1.29, 1.82) is 0 Å². The van der Waals surface area contributed by atoms with E-state index < -0.39 is 0 Å². The van der Waals surface area contributed by atoms with E-state index in [2.05, 4.69) is 44.0 Å². The molecule has 21 heavy (non-hydrogen) atoms. The van der Waals surface area contributed by atoms with E-state index in [-0.39, 0.29) is 0 Å². The smallest absolute Gasteiger partial charge is 0.110 e. The van der Waals surface area contributed by atoms with Crippen LogP contribution in [-0.2, 0) is 13.5 Å². The lowest BCUT2D eigenvalue weighted by Gasteiger charge is -2.28. The van der Waals surface area contributed by atoms with Gasteiger partial charge in [-0.1, -0.05) is 0 Å². The van der Waals surface area contributed by atoms with Crippen molar-refractivity contribution in [3.8, 4) is 0 Å². The Morgan fingerprint density at radius 3 is 2.52 bits per heavy atom. The Kier molecular flexibility index (Phi) is 4.43. The van der Waals surface area contributed by atoms with E-state index in [1.54, 1.807) is 0 Å². The summed E-state index contributed by atoms with van der Waals surface area (Å²) in [4.78, 5) is 6.83. The van der Waals surface area contributed by atoms with Gasteiger partial charge in [0, 0.05) is 56.9 Å². The van der Waals surface area contributed by atoms with Crippen molar-refractivity contribution in [2.75, 3.05) is 29.9 Å². The Balaban J connectivity index is 1.51. The van der Waals surface area contributed by atoms with Gasteiger partial charge >= 0.3 is 0 Å². The first kappa shape index (κ1) is 14.0. The predicted molar refractivity (Wildman–Crippen MR) is 87.9 cm³/mol. The molecule has 112 valence electrons. The first-order valence-corrected chi connectivity index (χ1v) is 7.88. The number of aryl methyl sites for hydroxylation is 1. The summed E-state index contributed by atoms with van der Waals surface area (Å²) in [7, 11) is 2.04. The summed E-state index contributed by atoms with van der Waals surface area (Å²) < 4.78 is 2.07. The van der Waals surface area contributed by atoms with E-state index in [0.717, 1.165) is 18.8 Å². The minimum atomic E-state index is 0.911. The fraction of sp³-hybridized carbons (Fsp3) is 0.471. The second-order valence-corrected chi connectivity index (χ2v) is 5.73. The SMILES string of the molecule is Cn1ccnc1CCNc1ccc(N2CCCCC2)cc1. The summed E-state index contributed by atoms with van der Waals surface area (Å²) in [6, 6.07) is 8.83. The van der Waals surface area contributed by atoms with Crippen molar-refractivity contribution in [2.45, 2.75) is 25.7 Å². The Hall–Kier alpha value is -1.97. The van der Waals surface area contributed by atoms with Gasteiger partial charge in [-0.15, -0.1) is 0 Å². The van der Waals surface area contributed by atoms with Gasteiger partial charge in [0.05, 0.1) is 0 Å². The molecule has 1 aliphatic heterocycles. The highest BCUT2D eigenvalue weighted by Gasteiger charge is 2.10. The molecule has 2 heterocycles. The van der Waals surface area contributed by atoms with Crippen LogP contribution in [-0.4, -0.2) is 29.2 Å². The van der Waals surface area contributed by atoms with Gasteiger partial charge in [-0.3, -0.25) is 0 Å². The van der Waals surface area contributed by atoms with Crippen LogP contribution in [0.2, 0.25) is 0 Å². The van der Waals surface area contributed by atoms with Crippen LogP contribution in [0.3, 0.4) is 0 Å². The van der Waals surface area contributed by atoms with Gasteiger partial charge < -0.3 is 14.8 Å². The monoisotopic (exact) mass is 284 g/mol. The topological polar surface area (TPSA) is 33.1 Å². The van der Waals surface area contributed by atoms with Crippen LogP contribution < -0.4 is 10.2 Å². The van der Waals surface area contributed by atoms with Crippen molar-refractivity contribution in [2.24, 2.45) is 7.05 Å². The Morgan fingerprint density at radius 2 is 1.86 bits per heavy atom. The highest BCUT2D eigenvalue weighted by Crippen LogP contribution is 2.21. The van der Waals surface area contributed by atoms with Gasteiger partial charge in [-0.2, -0.15) is 0 Å². The molecule has 1 saturated heterocycles. The number of hydrogen-bond donors (Lipinski definition) is 1. The van der Waals surface area contributed by atoms with Crippen LogP contribution in [0.15, 0.2) is 36.7 Å². The summed E-state index contributed by atoms with van der Waals surface area (Å²) in [5.74, 6) is 1.12. The van der Waals surface area contributed by atoms with Gasteiger partial charge in [0.25, 0.3) is 0 Å². The number of nitrogens with zero attached hydrogens (tertiary/aromatic N) is 3. The van der Waals surface area contributed by atoms with Gasteiger partial charge in [-0.05, 0) is 43.5 Å². The normalized spacial score (nSPS) is 15.2. The Morgan fingerprint density at radius 1 is 1.10 bits per heavy atom. The first-order chi connectivity index (χ1) is 10.3. The van der Waals surface area contributed by atoms with Crippen molar-refractivity contribution >= 4 is 11.4 Å². The molecule has 1 fully saturated rings. The lowest BCUT2D eigenvalue weighted by Crippen LogP contribution is -2.29. The van der Waals surface area contributed by atoms with Crippen LogP contribution in [0, 0.1) is 0 Å². The quantitative estimate of drug-likeness (QED) is 0.916. The van der Waals surface area contributed by atoms with Gasteiger partial charge in [0.1, 0.15) is 5.82 Å². The second kappa shape index (κ2) is 6.66. The molecule has 0 unspecified atom stereocenters. The molecule has 0 saturated carbocycles. The van der Waals surface area contributed by atoms with Crippen molar-refractivity contribution in [3.05, 3.63) is 42.5 Å². The first-order valence-electron chi connectivity index (χ1n) is 7.88. The molecule has 0 spiro atoms. The standard InChI is InChI=1S/C17H24N4/c1-20-14-11-19-17(20)9-10-18-15-5-7-16(8-6-15)21-12-3-2-4-13-21/h5-8,11,14,18H,2-4,9-10,12-13H2,1H3. The van der Waals surface area contributed by atoms with Gasteiger partial charge in [0.2, 0.25) is 0 Å². The molecule has 0 atom stereocenters. The number of anilines is 2. The van der Waals surface area contributed by atoms with E-state index in [0.29, 0.717) is 0 Å². The fourth-order valence-electron chi connectivity index (χ4n) is 2.90. The van der Waals surface area contributed by atoms with E-state index >= 15 is 0 Å². The number of rotatable bonds is 5. The molecule has 1 N–H and O–H groups in total. The Bertz CT molecular complexity index is 552. The van der Waals surface area contributed by atoms with Crippen LogP contribution in [0.1, 0.15) is 25.1 Å². The molecule has 4 nitrogen and oxygen atoms in total. The zero-order valence-electron chi connectivity index (χ0n) is 12.8. The third kappa shape index (κ3) is 3.57. The minimum Gasteiger partial charge on any atom is -0.385 e. The molecule has 0 radical (unpaired) electrons. The number of benzene rings is 1. The third-order valence-corrected chi connectivity index (χ3v) is 4.19. The molecule has 3 rings (SSSR count). The number of nitrogens with one attached hydrogen (secondary N) is 1. The van der Waals surface area contributed by atoms with Gasteiger partial charge in [-0.25, -0.2) is 4.98 Å². The summed E-state index contributed by atoms with van der Waals surface area (Å²) in [6.45, 7) is 3.31. The van der Waals surface area contributed by atoms with Crippen LogP contribution in [0.4, 0.5) is 11.4 Å².